The quantitative estimate of drug-likeness (QED) is 0.789. The van der Waals surface area contributed by atoms with E-state index in [-0.39, 0.29) is 0 Å². The zero-order valence-corrected chi connectivity index (χ0v) is 10.6. The Morgan fingerprint density at radius 1 is 1.19 bits per heavy atom. The van der Waals surface area contributed by atoms with Crippen molar-refractivity contribution in [2.45, 2.75) is 32.6 Å². The van der Waals surface area contributed by atoms with Gasteiger partial charge in [-0.1, -0.05) is 6.92 Å². The van der Waals surface area contributed by atoms with Crippen LogP contribution in [0.2, 0.25) is 0 Å². The SMILES string of the molecule is CCC1(CN2CCCOCC2)CCNCC1. The molecule has 2 saturated heterocycles. The Bertz CT molecular complexity index is 194. The molecule has 94 valence electrons. The monoisotopic (exact) mass is 226 g/mol. The van der Waals surface area contributed by atoms with Crippen molar-refractivity contribution in [3.05, 3.63) is 0 Å². The van der Waals surface area contributed by atoms with Crippen molar-refractivity contribution in [2.75, 3.05) is 45.9 Å². The molecular weight excluding hydrogens is 200 g/mol. The van der Waals surface area contributed by atoms with Crippen LogP contribution in [0.3, 0.4) is 0 Å². The van der Waals surface area contributed by atoms with E-state index < -0.39 is 0 Å². The molecule has 2 fully saturated rings. The van der Waals surface area contributed by atoms with E-state index in [0.717, 1.165) is 19.8 Å². The van der Waals surface area contributed by atoms with E-state index in [2.05, 4.69) is 17.1 Å². The maximum Gasteiger partial charge on any atom is 0.0593 e. The summed E-state index contributed by atoms with van der Waals surface area (Å²) >= 11 is 0. The Labute approximate surface area is 99.5 Å². The summed E-state index contributed by atoms with van der Waals surface area (Å²) in [5.74, 6) is 0. The highest BCUT2D eigenvalue weighted by atomic mass is 16.5. The van der Waals surface area contributed by atoms with E-state index in [1.807, 2.05) is 0 Å². The first-order valence-electron chi connectivity index (χ1n) is 6.85. The van der Waals surface area contributed by atoms with Gasteiger partial charge in [0.2, 0.25) is 0 Å². The number of nitrogens with one attached hydrogen (secondary N) is 1. The predicted molar refractivity (Wildman–Crippen MR) is 66.7 cm³/mol. The zero-order chi connectivity index (χ0) is 11.3. The average Bonchev–Trinajstić information content (AvgIpc) is 2.59. The van der Waals surface area contributed by atoms with E-state index in [0.29, 0.717) is 5.41 Å². The maximum atomic E-state index is 5.53. The average molecular weight is 226 g/mol. The highest BCUT2D eigenvalue weighted by Gasteiger charge is 2.32. The van der Waals surface area contributed by atoms with Gasteiger partial charge in [-0.25, -0.2) is 0 Å². The van der Waals surface area contributed by atoms with Crippen LogP contribution in [-0.4, -0.2) is 50.8 Å². The van der Waals surface area contributed by atoms with Crippen molar-refractivity contribution in [3.63, 3.8) is 0 Å². The van der Waals surface area contributed by atoms with Crippen molar-refractivity contribution >= 4 is 0 Å². The van der Waals surface area contributed by atoms with Crippen LogP contribution in [0.5, 0.6) is 0 Å². The topological polar surface area (TPSA) is 24.5 Å². The molecule has 0 saturated carbocycles. The molecule has 2 heterocycles. The molecule has 0 radical (unpaired) electrons. The second-order valence-corrected chi connectivity index (χ2v) is 5.35. The molecule has 0 spiro atoms. The third-order valence-corrected chi connectivity index (χ3v) is 4.29. The Balaban J connectivity index is 1.88. The second-order valence-electron chi connectivity index (χ2n) is 5.35. The molecule has 0 aromatic heterocycles. The summed E-state index contributed by atoms with van der Waals surface area (Å²) in [5, 5.41) is 3.48. The summed E-state index contributed by atoms with van der Waals surface area (Å²) in [6, 6.07) is 0. The van der Waals surface area contributed by atoms with Crippen molar-refractivity contribution in [1.29, 1.82) is 0 Å². The summed E-state index contributed by atoms with van der Waals surface area (Å²) in [5.41, 5.74) is 0.579. The van der Waals surface area contributed by atoms with Gasteiger partial charge in [0.05, 0.1) is 6.61 Å². The van der Waals surface area contributed by atoms with Gasteiger partial charge in [-0.05, 0) is 44.2 Å². The minimum atomic E-state index is 0.579. The van der Waals surface area contributed by atoms with Gasteiger partial charge in [-0.3, -0.25) is 0 Å². The molecule has 0 atom stereocenters. The Kier molecular flexibility index (Phi) is 4.62. The normalized spacial score (nSPS) is 27.6. The first-order chi connectivity index (χ1) is 7.85. The molecule has 16 heavy (non-hydrogen) atoms. The lowest BCUT2D eigenvalue weighted by molar-refractivity contribution is 0.0971. The molecule has 0 bridgehead atoms. The fourth-order valence-electron chi connectivity index (χ4n) is 3.01. The molecule has 0 unspecified atom stereocenters. The van der Waals surface area contributed by atoms with Gasteiger partial charge in [0, 0.05) is 26.2 Å². The van der Waals surface area contributed by atoms with Gasteiger partial charge in [-0.2, -0.15) is 0 Å². The largest absolute Gasteiger partial charge is 0.380 e. The van der Waals surface area contributed by atoms with Gasteiger partial charge in [-0.15, -0.1) is 0 Å². The molecule has 2 aliphatic rings. The molecule has 0 aromatic carbocycles. The van der Waals surface area contributed by atoms with E-state index >= 15 is 0 Å². The van der Waals surface area contributed by atoms with Crippen LogP contribution in [0.25, 0.3) is 0 Å². The lowest BCUT2D eigenvalue weighted by Crippen LogP contribution is -2.45. The first kappa shape index (κ1) is 12.3. The van der Waals surface area contributed by atoms with Crippen molar-refractivity contribution in [1.82, 2.24) is 10.2 Å². The van der Waals surface area contributed by atoms with E-state index in [4.69, 9.17) is 4.74 Å². The van der Waals surface area contributed by atoms with Crippen LogP contribution in [-0.2, 0) is 4.74 Å². The fraction of sp³-hybridized carbons (Fsp3) is 1.00. The molecule has 3 nitrogen and oxygen atoms in total. The Morgan fingerprint density at radius 2 is 2.00 bits per heavy atom. The minimum Gasteiger partial charge on any atom is -0.380 e. The van der Waals surface area contributed by atoms with Gasteiger partial charge >= 0.3 is 0 Å². The third-order valence-electron chi connectivity index (χ3n) is 4.29. The van der Waals surface area contributed by atoms with Gasteiger partial charge in [0.15, 0.2) is 0 Å². The van der Waals surface area contributed by atoms with Crippen molar-refractivity contribution < 1.29 is 4.74 Å². The summed E-state index contributed by atoms with van der Waals surface area (Å²) in [6.07, 6.45) is 5.23. The molecule has 0 aromatic rings. The highest BCUT2D eigenvalue weighted by Crippen LogP contribution is 2.33. The summed E-state index contributed by atoms with van der Waals surface area (Å²) in [4.78, 5) is 2.63. The molecule has 3 heteroatoms. The number of rotatable bonds is 3. The number of hydrogen-bond acceptors (Lipinski definition) is 3. The van der Waals surface area contributed by atoms with Crippen molar-refractivity contribution in [3.8, 4) is 0 Å². The summed E-state index contributed by atoms with van der Waals surface area (Å²) in [7, 11) is 0. The summed E-state index contributed by atoms with van der Waals surface area (Å²) < 4.78 is 5.53. The van der Waals surface area contributed by atoms with Crippen LogP contribution in [0.4, 0.5) is 0 Å². The molecule has 2 rings (SSSR count). The van der Waals surface area contributed by atoms with Crippen molar-refractivity contribution in [2.24, 2.45) is 5.41 Å². The van der Waals surface area contributed by atoms with Gasteiger partial charge in [0.1, 0.15) is 0 Å². The van der Waals surface area contributed by atoms with Crippen LogP contribution in [0.1, 0.15) is 32.6 Å². The second kappa shape index (κ2) is 5.99. The third kappa shape index (κ3) is 3.19. The highest BCUT2D eigenvalue weighted by molar-refractivity contribution is 4.86. The molecule has 2 aliphatic heterocycles. The maximum absolute atomic E-state index is 5.53. The zero-order valence-electron chi connectivity index (χ0n) is 10.6. The Morgan fingerprint density at radius 3 is 2.75 bits per heavy atom. The lowest BCUT2D eigenvalue weighted by atomic mass is 9.76. The standard InChI is InChI=1S/C13H26N2O/c1-2-13(4-6-14-7-5-13)12-15-8-3-10-16-11-9-15/h14H,2-12H2,1H3. The van der Waals surface area contributed by atoms with Crippen LogP contribution in [0, 0.1) is 5.41 Å². The number of nitrogens with zero attached hydrogens (tertiary/aromatic N) is 1. The van der Waals surface area contributed by atoms with Crippen LogP contribution >= 0.6 is 0 Å². The molecule has 1 N–H and O–H groups in total. The number of hydrogen-bond donors (Lipinski definition) is 1. The number of piperidine rings is 1. The lowest BCUT2D eigenvalue weighted by Gasteiger charge is -2.40. The minimum absolute atomic E-state index is 0.579. The van der Waals surface area contributed by atoms with Gasteiger partial charge in [0.25, 0.3) is 0 Å². The van der Waals surface area contributed by atoms with E-state index in [1.165, 1.54) is 51.9 Å². The fourth-order valence-corrected chi connectivity index (χ4v) is 3.01. The predicted octanol–water partition coefficient (Wildman–Crippen LogP) is 1.49. The van der Waals surface area contributed by atoms with Crippen LogP contribution in [0.15, 0.2) is 0 Å². The smallest absolute Gasteiger partial charge is 0.0593 e. The van der Waals surface area contributed by atoms with Gasteiger partial charge < -0.3 is 15.0 Å². The first-order valence-corrected chi connectivity index (χ1v) is 6.85. The number of ether oxygens (including phenoxy) is 1. The van der Waals surface area contributed by atoms with Crippen LogP contribution < -0.4 is 5.32 Å². The van der Waals surface area contributed by atoms with E-state index in [9.17, 15) is 0 Å². The Hall–Kier alpha value is -0.120. The molecule has 0 amide bonds. The molecule has 0 aliphatic carbocycles. The molecular formula is C13H26N2O. The summed E-state index contributed by atoms with van der Waals surface area (Å²) in [6.45, 7) is 10.3. The van der Waals surface area contributed by atoms with E-state index in [1.54, 1.807) is 0 Å².